The van der Waals surface area contributed by atoms with Crippen LogP contribution >= 0.6 is 0 Å². The molecule has 72 heavy (non-hydrogen) atoms. The molecular formula is C66H42N6. The van der Waals surface area contributed by atoms with Gasteiger partial charge in [0.25, 0.3) is 0 Å². The first-order valence-electron chi connectivity index (χ1n) is 24.3. The highest BCUT2D eigenvalue weighted by Crippen LogP contribution is 2.40. The van der Waals surface area contributed by atoms with Crippen LogP contribution in [0.2, 0.25) is 0 Å². The van der Waals surface area contributed by atoms with Crippen molar-refractivity contribution < 1.29 is 0 Å². The summed E-state index contributed by atoms with van der Waals surface area (Å²) in [6.07, 6.45) is 0. The van der Waals surface area contributed by atoms with Crippen LogP contribution in [0.5, 0.6) is 0 Å². The van der Waals surface area contributed by atoms with E-state index in [0.717, 1.165) is 106 Å². The van der Waals surface area contributed by atoms with Crippen molar-refractivity contribution in [1.29, 1.82) is 0 Å². The second kappa shape index (κ2) is 17.0. The molecule has 0 saturated carbocycles. The van der Waals surface area contributed by atoms with Crippen molar-refractivity contribution in [3.63, 3.8) is 0 Å². The van der Waals surface area contributed by atoms with E-state index in [2.05, 4.69) is 215 Å². The normalized spacial score (nSPS) is 11.6. The van der Waals surface area contributed by atoms with Crippen molar-refractivity contribution in [3.8, 4) is 78.9 Å². The summed E-state index contributed by atoms with van der Waals surface area (Å²) in [5, 5.41) is 4.80. The molecule has 0 spiro atoms. The van der Waals surface area contributed by atoms with Gasteiger partial charge in [0.15, 0.2) is 5.82 Å². The maximum Gasteiger partial charge on any atom is 0.160 e. The highest BCUT2D eigenvalue weighted by atomic mass is 15.0. The second-order valence-corrected chi connectivity index (χ2v) is 18.2. The summed E-state index contributed by atoms with van der Waals surface area (Å²) >= 11 is 0. The van der Waals surface area contributed by atoms with Gasteiger partial charge in [0.2, 0.25) is 0 Å². The second-order valence-electron chi connectivity index (χ2n) is 18.2. The van der Waals surface area contributed by atoms with Crippen molar-refractivity contribution >= 4 is 54.6 Å². The van der Waals surface area contributed by atoms with E-state index < -0.39 is 0 Å². The zero-order valence-corrected chi connectivity index (χ0v) is 38.9. The minimum Gasteiger partial charge on any atom is -0.309 e. The van der Waals surface area contributed by atoms with Crippen LogP contribution in [-0.2, 0) is 0 Å². The van der Waals surface area contributed by atoms with E-state index in [1.54, 1.807) is 0 Å². The van der Waals surface area contributed by atoms with Crippen LogP contribution < -0.4 is 0 Å². The minimum atomic E-state index is 0.700. The van der Waals surface area contributed by atoms with Crippen LogP contribution in [0.15, 0.2) is 255 Å². The molecular weight excluding hydrogens is 877 g/mol. The topological polar surface area (TPSA) is 61.4 Å². The number of hydrogen-bond acceptors (Lipinski definition) is 4. The Labute approximate surface area is 415 Å². The van der Waals surface area contributed by atoms with Gasteiger partial charge in [0.1, 0.15) is 0 Å². The van der Waals surface area contributed by atoms with Gasteiger partial charge < -0.3 is 9.13 Å². The maximum atomic E-state index is 5.36. The summed E-state index contributed by atoms with van der Waals surface area (Å²) in [7, 11) is 0. The quantitative estimate of drug-likeness (QED) is 0.152. The molecule has 6 heteroatoms. The molecule has 14 rings (SSSR count). The predicted molar refractivity (Wildman–Crippen MR) is 296 cm³/mol. The third-order valence-corrected chi connectivity index (χ3v) is 13.9. The first kappa shape index (κ1) is 41.2. The molecule has 0 aliphatic heterocycles. The molecule has 0 unspecified atom stereocenters. The lowest BCUT2D eigenvalue weighted by Gasteiger charge is -2.13. The molecule has 4 aromatic heterocycles. The molecule has 14 aromatic rings. The minimum absolute atomic E-state index is 0.700. The van der Waals surface area contributed by atoms with Crippen molar-refractivity contribution in [2.75, 3.05) is 0 Å². The zero-order chi connectivity index (χ0) is 47.5. The summed E-state index contributed by atoms with van der Waals surface area (Å²) in [5.74, 6) is 0.700. The van der Waals surface area contributed by atoms with Crippen LogP contribution in [0.25, 0.3) is 134 Å². The molecule has 0 amide bonds. The van der Waals surface area contributed by atoms with Crippen LogP contribution in [0.4, 0.5) is 0 Å². The molecule has 0 aliphatic carbocycles. The number of aromatic nitrogens is 6. The van der Waals surface area contributed by atoms with E-state index in [9.17, 15) is 0 Å². The lowest BCUT2D eigenvalue weighted by Crippen LogP contribution is -1.98. The number of hydrogen-bond donors (Lipinski definition) is 0. The first-order chi connectivity index (χ1) is 35.7. The Morgan fingerprint density at radius 3 is 1.18 bits per heavy atom. The summed E-state index contributed by atoms with van der Waals surface area (Å²) in [6.45, 7) is 0. The molecule has 10 aromatic carbocycles. The molecule has 0 bridgehead atoms. The van der Waals surface area contributed by atoms with Gasteiger partial charge in [-0.2, -0.15) is 0 Å². The van der Waals surface area contributed by atoms with E-state index in [0.29, 0.717) is 5.82 Å². The summed E-state index contributed by atoms with van der Waals surface area (Å²) < 4.78 is 4.77. The lowest BCUT2D eigenvalue weighted by atomic mass is 10.0. The number of nitrogens with zero attached hydrogens (tertiary/aromatic N) is 6. The zero-order valence-electron chi connectivity index (χ0n) is 38.9. The standard InChI is InChI=1S/C66H42N6/c1-5-17-43(18-6-1)57-42-58(70-66(69-57)47-23-11-4-12-24-47)44-29-33-50(34-30-44)71-60-27-15-13-25-52(60)54-36-31-48(39-62(54)71)49-32-37-55-53-26-14-16-28-61(53)72(63(55)40-49)51-35-38-56-59(41-51)68-65(46-21-9-3-10-22-46)64(67-56)45-19-7-2-8-20-45/h1-42H. The van der Waals surface area contributed by atoms with Gasteiger partial charge >= 0.3 is 0 Å². The van der Waals surface area contributed by atoms with Gasteiger partial charge in [-0.25, -0.2) is 19.9 Å². The molecule has 0 atom stereocenters. The molecule has 0 N–H and O–H groups in total. The van der Waals surface area contributed by atoms with Crippen LogP contribution in [0, 0.1) is 0 Å². The third kappa shape index (κ3) is 7.04. The monoisotopic (exact) mass is 918 g/mol. The van der Waals surface area contributed by atoms with E-state index in [4.69, 9.17) is 19.9 Å². The average molecular weight is 919 g/mol. The Morgan fingerprint density at radius 2 is 0.639 bits per heavy atom. The van der Waals surface area contributed by atoms with Crippen molar-refractivity contribution in [3.05, 3.63) is 255 Å². The van der Waals surface area contributed by atoms with E-state index >= 15 is 0 Å². The number of fused-ring (bicyclic) bond motifs is 7. The molecule has 0 aliphatic rings. The summed E-state index contributed by atoms with van der Waals surface area (Å²) in [6, 6.07) is 89.8. The van der Waals surface area contributed by atoms with Crippen molar-refractivity contribution in [1.82, 2.24) is 29.1 Å². The Bertz CT molecular complexity index is 4300. The molecule has 4 heterocycles. The van der Waals surface area contributed by atoms with E-state index in [-0.39, 0.29) is 0 Å². The van der Waals surface area contributed by atoms with Crippen molar-refractivity contribution in [2.24, 2.45) is 0 Å². The van der Waals surface area contributed by atoms with Crippen molar-refractivity contribution in [2.45, 2.75) is 0 Å². The number of rotatable bonds is 8. The molecule has 6 nitrogen and oxygen atoms in total. The largest absolute Gasteiger partial charge is 0.309 e. The highest BCUT2D eigenvalue weighted by molar-refractivity contribution is 6.12. The van der Waals surface area contributed by atoms with E-state index in [1.165, 1.54) is 21.5 Å². The molecule has 0 fully saturated rings. The molecule has 0 saturated heterocycles. The maximum absolute atomic E-state index is 5.36. The number of para-hydroxylation sites is 2. The van der Waals surface area contributed by atoms with Crippen LogP contribution in [0.3, 0.4) is 0 Å². The Balaban J connectivity index is 0.886. The fourth-order valence-electron chi connectivity index (χ4n) is 10.5. The van der Waals surface area contributed by atoms with Crippen LogP contribution in [0.1, 0.15) is 0 Å². The SMILES string of the molecule is c1ccc(-c2cc(-c3ccc(-n4c5ccccc5c5ccc(-c6ccc7c8ccccc8n(-c8ccc9nc(-c%10ccccc%10)c(-c%10ccccc%10)nc9c8)c7c6)cc54)cc3)nc(-c3ccccc3)n2)cc1. The van der Waals surface area contributed by atoms with Crippen LogP contribution in [-0.4, -0.2) is 29.1 Å². The average Bonchev–Trinajstić information content (AvgIpc) is 3.97. The Morgan fingerprint density at radius 1 is 0.236 bits per heavy atom. The van der Waals surface area contributed by atoms with Gasteiger partial charge in [0.05, 0.1) is 55.9 Å². The Hall–Kier alpha value is -9.78. The van der Waals surface area contributed by atoms with Gasteiger partial charge in [-0.1, -0.05) is 194 Å². The van der Waals surface area contributed by atoms with Gasteiger partial charge in [0, 0.05) is 60.7 Å². The van der Waals surface area contributed by atoms with Gasteiger partial charge in [-0.05, 0) is 71.8 Å². The predicted octanol–water partition coefficient (Wildman–Crippen LogP) is 16.6. The molecule has 0 radical (unpaired) electrons. The lowest BCUT2D eigenvalue weighted by molar-refractivity contribution is 1.17. The van der Waals surface area contributed by atoms with Gasteiger partial charge in [-0.3, -0.25) is 0 Å². The number of benzene rings is 10. The summed E-state index contributed by atoms with van der Waals surface area (Å²) in [4.78, 5) is 20.8. The van der Waals surface area contributed by atoms with Gasteiger partial charge in [-0.15, -0.1) is 0 Å². The summed E-state index contributed by atoms with van der Waals surface area (Å²) in [5.41, 5.74) is 19.2. The van der Waals surface area contributed by atoms with E-state index in [1.807, 2.05) is 48.5 Å². The third-order valence-electron chi connectivity index (χ3n) is 13.9. The highest BCUT2D eigenvalue weighted by Gasteiger charge is 2.19. The molecule has 336 valence electrons. The Kier molecular flexibility index (Phi) is 9.74. The fraction of sp³-hybridized carbons (Fsp3) is 0. The first-order valence-corrected chi connectivity index (χ1v) is 24.3. The fourth-order valence-corrected chi connectivity index (χ4v) is 10.5. The smallest absolute Gasteiger partial charge is 0.160 e.